The van der Waals surface area contributed by atoms with Crippen molar-refractivity contribution in [3.8, 4) is 11.8 Å². The van der Waals surface area contributed by atoms with Crippen LogP contribution in [-0.2, 0) is 14.8 Å². The van der Waals surface area contributed by atoms with E-state index in [2.05, 4.69) is 16.6 Å². The molecule has 0 saturated heterocycles. The Morgan fingerprint density at radius 3 is 2.80 bits per heavy atom. The number of ether oxygens (including phenoxy) is 1. The molecule has 5 nitrogen and oxygen atoms in total. The van der Waals surface area contributed by atoms with Crippen molar-refractivity contribution in [2.75, 3.05) is 30.2 Å². The number of aryl methyl sites for hydroxylation is 1. The summed E-state index contributed by atoms with van der Waals surface area (Å²) in [6, 6.07) is 5.40. The second-order valence-electron chi connectivity index (χ2n) is 4.17. The summed E-state index contributed by atoms with van der Waals surface area (Å²) in [5.74, 6) is 5.49. The Balaban J connectivity index is 2.92. The summed E-state index contributed by atoms with van der Waals surface area (Å²) in [5.41, 5.74) is 7.37. The Hall–Kier alpha value is -1.55. The van der Waals surface area contributed by atoms with Gasteiger partial charge < -0.3 is 10.5 Å². The summed E-state index contributed by atoms with van der Waals surface area (Å²) >= 11 is 0. The van der Waals surface area contributed by atoms with Gasteiger partial charge in [0.15, 0.2) is 0 Å². The quantitative estimate of drug-likeness (QED) is 0.608. The van der Waals surface area contributed by atoms with E-state index in [9.17, 15) is 8.42 Å². The average molecular weight is 296 g/mol. The molecule has 20 heavy (non-hydrogen) atoms. The van der Waals surface area contributed by atoms with Crippen LogP contribution < -0.4 is 10.5 Å². The molecule has 0 saturated carbocycles. The smallest absolute Gasteiger partial charge is 0.235 e. The highest BCUT2D eigenvalue weighted by Gasteiger charge is 2.12. The Labute approximate surface area is 120 Å². The lowest BCUT2D eigenvalue weighted by Gasteiger charge is -2.10. The Morgan fingerprint density at radius 2 is 2.15 bits per heavy atom. The van der Waals surface area contributed by atoms with Crippen molar-refractivity contribution in [2.45, 2.75) is 13.8 Å². The Morgan fingerprint density at radius 1 is 1.40 bits per heavy atom. The summed E-state index contributed by atoms with van der Waals surface area (Å²) in [5, 5.41) is 0. The number of hydrogen-bond donors (Lipinski definition) is 2. The van der Waals surface area contributed by atoms with Crippen LogP contribution in [0, 0.1) is 18.8 Å². The van der Waals surface area contributed by atoms with Gasteiger partial charge in [-0.2, -0.15) is 0 Å². The maximum Gasteiger partial charge on any atom is 0.235 e. The van der Waals surface area contributed by atoms with Gasteiger partial charge in [0.05, 0.1) is 24.6 Å². The fourth-order valence-electron chi connectivity index (χ4n) is 1.53. The van der Waals surface area contributed by atoms with E-state index in [0.717, 1.165) is 5.56 Å². The molecule has 1 aromatic carbocycles. The minimum absolute atomic E-state index is 0.0848. The number of anilines is 1. The van der Waals surface area contributed by atoms with Crippen molar-refractivity contribution < 1.29 is 13.2 Å². The molecule has 110 valence electrons. The van der Waals surface area contributed by atoms with E-state index in [4.69, 9.17) is 10.5 Å². The third kappa shape index (κ3) is 5.61. The molecule has 0 unspecified atom stereocenters. The molecule has 6 heteroatoms. The van der Waals surface area contributed by atoms with E-state index in [-0.39, 0.29) is 18.9 Å². The first kappa shape index (κ1) is 16.5. The monoisotopic (exact) mass is 296 g/mol. The van der Waals surface area contributed by atoms with Crippen LogP contribution in [0.4, 0.5) is 5.69 Å². The lowest BCUT2D eigenvalue weighted by molar-refractivity contribution is 0.163. The lowest BCUT2D eigenvalue weighted by atomic mass is 10.1. The first-order chi connectivity index (χ1) is 9.48. The number of sulfonamides is 1. The van der Waals surface area contributed by atoms with Crippen molar-refractivity contribution in [2.24, 2.45) is 5.73 Å². The molecule has 0 aromatic heterocycles. The van der Waals surface area contributed by atoms with Gasteiger partial charge in [0, 0.05) is 12.2 Å². The van der Waals surface area contributed by atoms with Gasteiger partial charge in [-0.05, 0) is 31.5 Å². The summed E-state index contributed by atoms with van der Waals surface area (Å²) in [7, 11) is -3.45. The highest BCUT2D eigenvalue weighted by atomic mass is 32.2. The predicted molar refractivity (Wildman–Crippen MR) is 81.0 cm³/mol. The molecule has 0 aliphatic carbocycles. The van der Waals surface area contributed by atoms with Crippen molar-refractivity contribution in [3.05, 3.63) is 29.3 Å². The van der Waals surface area contributed by atoms with Gasteiger partial charge in [-0.15, -0.1) is 0 Å². The average Bonchev–Trinajstić information content (AvgIpc) is 2.37. The van der Waals surface area contributed by atoms with Gasteiger partial charge in [-0.3, -0.25) is 4.72 Å². The molecule has 0 atom stereocenters. The summed E-state index contributed by atoms with van der Waals surface area (Å²) in [4.78, 5) is 0. The Bertz CT molecular complexity index is 601. The van der Waals surface area contributed by atoms with Crippen LogP contribution in [0.3, 0.4) is 0 Å². The molecule has 0 fully saturated rings. The van der Waals surface area contributed by atoms with E-state index in [1.54, 1.807) is 12.1 Å². The predicted octanol–water partition coefficient (Wildman–Crippen LogP) is 1.08. The largest absolute Gasteiger partial charge is 0.381 e. The summed E-state index contributed by atoms with van der Waals surface area (Å²) < 4.78 is 31.5. The van der Waals surface area contributed by atoms with E-state index in [1.807, 2.05) is 19.9 Å². The zero-order valence-corrected chi connectivity index (χ0v) is 12.6. The van der Waals surface area contributed by atoms with Crippen molar-refractivity contribution in [1.82, 2.24) is 0 Å². The van der Waals surface area contributed by atoms with Crippen LogP contribution in [0.25, 0.3) is 0 Å². The zero-order valence-electron chi connectivity index (χ0n) is 11.8. The first-order valence-corrected chi connectivity index (χ1v) is 8.01. The van der Waals surface area contributed by atoms with Gasteiger partial charge in [0.25, 0.3) is 0 Å². The zero-order chi connectivity index (χ0) is 15.0. The normalized spacial score (nSPS) is 10.8. The van der Waals surface area contributed by atoms with Crippen LogP contribution in [-0.4, -0.2) is 33.9 Å². The summed E-state index contributed by atoms with van der Waals surface area (Å²) in [6.07, 6.45) is 0. The highest BCUT2D eigenvalue weighted by Crippen LogP contribution is 2.18. The van der Waals surface area contributed by atoms with Crippen molar-refractivity contribution in [3.63, 3.8) is 0 Å². The Kier molecular flexibility index (Phi) is 6.52. The lowest BCUT2D eigenvalue weighted by Crippen LogP contribution is -2.20. The third-order valence-corrected chi connectivity index (χ3v) is 3.70. The van der Waals surface area contributed by atoms with Crippen LogP contribution in [0.1, 0.15) is 18.1 Å². The third-order valence-electron chi connectivity index (χ3n) is 2.47. The first-order valence-electron chi connectivity index (χ1n) is 6.36. The van der Waals surface area contributed by atoms with E-state index in [0.29, 0.717) is 17.9 Å². The number of benzene rings is 1. The molecule has 0 heterocycles. The van der Waals surface area contributed by atoms with Crippen LogP contribution in [0.5, 0.6) is 0 Å². The second kappa shape index (κ2) is 7.90. The molecule has 0 amide bonds. The molecule has 0 bridgehead atoms. The van der Waals surface area contributed by atoms with Gasteiger partial charge in [0.2, 0.25) is 10.0 Å². The molecule has 0 aliphatic rings. The molecule has 3 N–H and O–H groups in total. The molecular weight excluding hydrogens is 276 g/mol. The maximum atomic E-state index is 11.9. The van der Waals surface area contributed by atoms with E-state index >= 15 is 0 Å². The second-order valence-corrected chi connectivity index (χ2v) is 6.01. The van der Waals surface area contributed by atoms with Crippen LogP contribution in [0.2, 0.25) is 0 Å². The van der Waals surface area contributed by atoms with Crippen LogP contribution >= 0.6 is 0 Å². The standard InChI is InChI=1S/C14H20N2O3S/c1-3-19-9-10-20(17,18)16-14-11-12(2)6-7-13(14)5-4-8-15/h6-7,11,16H,3,8-10,15H2,1-2H3. The minimum atomic E-state index is -3.45. The maximum absolute atomic E-state index is 11.9. The minimum Gasteiger partial charge on any atom is -0.381 e. The van der Waals surface area contributed by atoms with Gasteiger partial charge >= 0.3 is 0 Å². The molecule has 0 spiro atoms. The van der Waals surface area contributed by atoms with Gasteiger partial charge in [-0.25, -0.2) is 8.42 Å². The van der Waals surface area contributed by atoms with Gasteiger partial charge in [-0.1, -0.05) is 17.9 Å². The fraction of sp³-hybridized carbons (Fsp3) is 0.429. The molecular formula is C14H20N2O3S. The molecule has 1 rings (SSSR count). The SMILES string of the molecule is CCOCCS(=O)(=O)Nc1cc(C)ccc1C#CCN. The topological polar surface area (TPSA) is 81.4 Å². The molecule has 1 aromatic rings. The van der Waals surface area contributed by atoms with E-state index in [1.165, 1.54) is 0 Å². The van der Waals surface area contributed by atoms with E-state index < -0.39 is 10.0 Å². The fourth-order valence-corrected chi connectivity index (χ4v) is 2.47. The van der Waals surface area contributed by atoms with Crippen LogP contribution in [0.15, 0.2) is 18.2 Å². The van der Waals surface area contributed by atoms with Crippen molar-refractivity contribution >= 4 is 15.7 Å². The molecule has 0 radical (unpaired) electrons. The number of nitrogens with one attached hydrogen (secondary N) is 1. The number of rotatable bonds is 6. The van der Waals surface area contributed by atoms with Crippen molar-refractivity contribution in [1.29, 1.82) is 0 Å². The highest BCUT2D eigenvalue weighted by molar-refractivity contribution is 7.92. The number of nitrogens with two attached hydrogens (primary N) is 1. The molecule has 0 aliphatic heterocycles. The van der Waals surface area contributed by atoms with Gasteiger partial charge in [0.1, 0.15) is 0 Å². The summed E-state index contributed by atoms with van der Waals surface area (Å²) in [6.45, 7) is 4.60. The number of hydrogen-bond acceptors (Lipinski definition) is 4.